The number of carboxylic acid groups (broad SMARTS) is 1. The fraction of sp³-hybridized carbons (Fsp3) is 0.372. The molecule has 1 heterocycles. The molecule has 10 nitrogen and oxygen atoms in total. The summed E-state index contributed by atoms with van der Waals surface area (Å²) in [7, 11) is 3.32. The van der Waals surface area contributed by atoms with Gasteiger partial charge in [-0.15, -0.1) is 0 Å². The Morgan fingerprint density at radius 2 is 1.81 bits per heavy atom. The summed E-state index contributed by atoms with van der Waals surface area (Å²) in [5.41, 5.74) is 7.18. The molecule has 0 radical (unpaired) electrons. The smallest absolute Gasteiger partial charge is 0.306 e. The third-order valence-electron chi connectivity index (χ3n) is 10.3. The monoisotopic (exact) mass is 753 g/mol. The summed E-state index contributed by atoms with van der Waals surface area (Å²) < 4.78 is 11.5. The SMILES string of the molecule is C=C/C=C(CNCC1CCC(=O)N1)\C(=C/Cc1cccc(-c2cccc(NCc3ccc(CNC4CCC(C(=O)O)CC4)c(OC)c3)c2C=N)c1Cl)OC. The van der Waals surface area contributed by atoms with Crippen molar-refractivity contribution in [1.82, 2.24) is 16.0 Å². The number of methoxy groups -OCH3 is 2. The van der Waals surface area contributed by atoms with Crippen molar-refractivity contribution in [2.75, 3.05) is 32.6 Å². The number of carboxylic acids is 1. The molecule has 1 atom stereocenters. The molecule has 6 N–H and O–H groups in total. The third-order valence-corrected chi connectivity index (χ3v) is 10.7. The molecule has 1 unspecified atom stereocenters. The normalized spacial score (nSPS) is 18.9. The second kappa shape index (κ2) is 20.0. The van der Waals surface area contributed by atoms with E-state index in [9.17, 15) is 14.7 Å². The minimum absolute atomic E-state index is 0.0965. The van der Waals surface area contributed by atoms with Crippen LogP contribution in [0.4, 0.5) is 5.69 Å². The van der Waals surface area contributed by atoms with E-state index in [2.05, 4.69) is 40.0 Å². The predicted molar refractivity (Wildman–Crippen MR) is 216 cm³/mol. The van der Waals surface area contributed by atoms with Crippen molar-refractivity contribution >= 4 is 35.4 Å². The molecule has 11 heteroatoms. The van der Waals surface area contributed by atoms with Gasteiger partial charge in [0, 0.05) is 78.8 Å². The van der Waals surface area contributed by atoms with Crippen LogP contribution in [0.3, 0.4) is 0 Å². The van der Waals surface area contributed by atoms with Crippen LogP contribution in [0.5, 0.6) is 5.75 Å². The fourth-order valence-corrected chi connectivity index (χ4v) is 7.53. The molecule has 0 spiro atoms. The van der Waals surface area contributed by atoms with Gasteiger partial charge in [-0.2, -0.15) is 0 Å². The van der Waals surface area contributed by atoms with Crippen LogP contribution in [0.2, 0.25) is 5.02 Å². The summed E-state index contributed by atoms with van der Waals surface area (Å²) in [6.07, 6.45) is 12.1. The molecule has 286 valence electrons. The first-order chi connectivity index (χ1) is 26.2. The molecule has 3 aromatic rings. The highest BCUT2D eigenvalue weighted by Gasteiger charge is 2.26. The largest absolute Gasteiger partial charge is 0.497 e. The van der Waals surface area contributed by atoms with Gasteiger partial charge in [0.2, 0.25) is 5.91 Å². The molecule has 2 aliphatic rings. The average molecular weight is 754 g/mol. The molecule has 1 saturated heterocycles. The highest BCUT2D eigenvalue weighted by atomic mass is 35.5. The van der Waals surface area contributed by atoms with Crippen LogP contribution in [0.15, 0.2) is 90.7 Å². The zero-order valence-electron chi connectivity index (χ0n) is 31.2. The fourth-order valence-electron chi connectivity index (χ4n) is 7.23. The maximum Gasteiger partial charge on any atom is 0.306 e. The number of anilines is 1. The minimum atomic E-state index is -0.692. The second-order valence-electron chi connectivity index (χ2n) is 13.8. The number of carbonyl (C=O) groups is 2. The molecule has 1 aliphatic heterocycles. The van der Waals surface area contributed by atoms with E-state index in [-0.39, 0.29) is 17.9 Å². The predicted octanol–water partition coefficient (Wildman–Crippen LogP) is 7.41. The van der Waals surface area contributed by atoms with Crippen LogP contribution in [0.1, 0.15) is 60.8 Å². The number of benzene rings is 3. The quantitative estimate of drug-likeness (QED) is 0.0422. The third kappa shape index (κ3) is 10.6. The molecule has 5 rings (SSSR count). The number of hydrogen-bond donors (Lipinski definition) is 6. The number of hydrogen-bond acceptors (Lipinski definition) is 8. The topological polar surface area (TPSA) is 145 Å². The number of aliphatic carboxylic acids is 1. The Kier molecular flexibility index (Phi) is 14.9. The zero-order valence-corrected chi connectivity index (χ0v) is 31.9. The van der Waals surface area contributed by atoms with Crippen molar-refractivity contribution in [1.29, 1.82) is 5.41 Å². The lowest BCUT2D eigenvalue weighted by atomic mass is 9.86. The van der Waals surface area contributed by atoms with E-state index in [0.29, 0.717) is 68.7 Å². The molecule has 0 aromatic heterocycles. The highest BCUT2D eigenvalue weighted by molar-refractivity contribution is 6.34. The first-order valence-corrected chi connectivity index (χ1v) is 19.0. The lowest BCUT2D eigenvalue weighted by Crippen LogP contribution is -2.36. The van der Waals surface area contributed by atoms with E-state index in [1.807, 2.05) is 54.6 Å². The average Bonchev–Trinajstić information content (AvgIpc) is 3.61. The Morgan fingerprint density at radius 3 is 2.50 bits per heavy atom. The van der Waals surface area contributed by atoms with Gasteiger partial charge in [-0.25, -0.2) is 0 Å². The van der Waals surface area contributed by atoms with Crippen molar-refractivity contribution in [3.8, 4) is 16.9 Å². The molecule has 3 aromatic carbocycles. The number of allylic oxidation sites excluding steroid dienone is 3. The molecule has 0 bridgehead atoms. The van der Waals surface area contributed by atoms with Gasteiger partial charge < -0.3 is 41.3 Å². The molecule has 1 aliphatic carbocycles. The summed E-state index contributed by atoms with van der Waals surface area (Å²) >= 11 is 7.09. The first kappa shape index (κ1) is 40.3. The number of rotatable bonds is 19. The Balaban J connectivity index is 1.24. The molecular weight excluding hydrogens is 702 g/mol. The van der Waals surface area contributed by atoms with Gasteiger partial charge in [0.05, 0.1) is 25.2 Å². The van der Waals surface area contributed by atoms with Crippen LogP contribution in [-0.2, 0) is 33.8 Å². The van der Waals surface area contributed by atoms with E-state index >= 15 is 0 Å². The lowest BCUT2D eigenvalue weighted by Gasteiger charge is -2.27. The summed E-state index contributed by atoms with van der Waals surface area (Å²) in [5.74, 6) is 0.679. The first-order valence-electron chi connectivity index (χ1n) is 18.6. The maximum atomic E-state index is 11.6. The van der Waals surface area contributed by atoms with Crippen molar-refractivity contribution in [3.63, 3.8) is 0 Å². The van der Waals surface area contributed by atoms with Gasteiger partial charge in [-0.3, -0.25) is 9.59 Å². The van der Waals surface area contributed by atoms with E-state index in [0.717, 1.165) is 69.7 Å². The molecule has 1 saturated carbocycles. The van der Waals surface area contributed by atoms with Crippen LogP contribution < -0.4 is 26.0 Å². The summed E-state index contributed by atoms with van der Waals surface area (Å²) in [6, 6.07) is 18.5. The van der Waals surface area contributed by atoms with Crippen molar-refractivity contribution < 1.29 is 24.2 Å². The Morgan fingerprint density at radius 1 is 1.04 bits per heavy atom. The zero-order chi connectivity index (χ0) is 38.5. The van der Waals surface area contributed by atoms with Crippen LogP contribution in [0.25, 0.3) is 11.1 Å². The maximum absolute atomic E-state index is 11.6. The van der Waals surface area contributed by atoms with Crippen molar-refractivity contribution in [2.24, 2.45) is 5.92 Å². The lowest BCUT2D eigenvalue weighted by molar-refractivity contribution is -0.142. The molecule has 54 heavy (non-hydrogen) atoms. The second-order valence-corrected chi connectivity index (χ2v) is 14.2. The van der Waals surface area contributed by atoms with Crippen molar-refractivity contribution in [2.45, 2.75) is 70.1 Å². The van der Waals surface area contributed by atoms with Gasteiger partial charge >= 0.3 is 5.97 Å². The standard InChI is InChI=1S/C43H52ClN5O5/c1-4-7-31(25-46-27-34-19-21-41(50)49-34)39(53-2)20-16-29-8-5-10-36(42(29)44)35-9-6-11-38(37(35)23-45)48-24-28-12-13-32(40(22-28)54-3)26-47-33-17-14-30(15-18-33)43(51)52/h4-13,20,22-23,30,33-34,45-48H,1,14-19,21,24-27H2,2-3H3,(H,49,50)(H,51,52)/b31-7-,39-20+,45-23?. The van der Waals surface area contributed by atoms with Gasteiger partial charge in [0.15, 0.2) is 0 Å². The molecular formula is C43H52ClN5O5. The van der Waals surface area contributed by atoms with Gasteiger partial charge in [-0.1, -0.05) is 72.8 Å². The van der Waals surface area contributed by atoms with E-state index < -0.39 is 5.97 Å². The van der Waals surface area contributed by atoms with E-state index in [1.54, 1.807) is 20.3 Å². The van der Waals surface area contributed by atoms with Crippen LogP contribution >= 0.6 is 11.6 Å². The van der Waals surface area contributed by atoms with E-state index in [1.165, 1.54) is 6.21 Å². The number of halogens is 1. The molecule has 2 fully saturated rings. The van der Waals surface area contributed by atoms with E-state index in [4.69, 9.17) is 26.5 Å². The Bertz CT molecular complexity index is 1870. The number of amides is 1. The van der Waals surface area contributed by atoms with Crippen LogP contribution in [0, 0.1) is 11.3 Å². The van der Waals surface area contributed by atoms with Gasteiger partial charge in [-0.05, 0) is 73.4 Å². The molecule has 1 amide bonds. The van der Waals surface area contributed by atoms with Crippen LogP contribution in [-0.4, -0.2) is 62.6 Å². The number of carbonyl (C=O) groups excluding carboxylic acids is 1. The summed E-state index contributed by atoms with van der Waals surface area (Å²) in [4.78, 5) is 22.9. The Labute approximate surface area is 323 Å². The van der Waals surface area contributed by atoms with Crippen molar-refractivity contribution in [3.05, 3.63) is 118 Å². The Hall–Kier alpha value is -4.90. The summed E-state index contributed by atoms with van der Waals surface area (Å²) in [6.45, 7) is 6.27. The minimum Gasteiger partial charge on any atom is -0.497 e. The number of nitrogens with one attached hydrogen (secondary N) is 5. The highest BCUT2D eigenvalue weighted by Crippen LogP contribution is 2.36. The van der Waals surface area contributed by atoms with Gasteiger partial charge in [0.1, 0.15) is 11.5 Å². The van der Waals surface area contributed by atoms with Gasteiger partial charge in [0.25, 0.3) is 0 Å². The number of ether oxygens (including phenoxy) is 2. The summed E-state index contributed by atoms with van der Waals surface area (Å²) in [5, 5.41) is 31.8.